The summed E-state index contributed by atoms with van der Waals surface area (Å²) in [6.07, 6.45) is 3.92. The van der Waals surface area contributed by atoms with E-state index in [1.54, 1.807) is 0 Å². The Morgan fingerprint density at radius 3 is 3.07 bits per heavy atom. The van der Waals surface area contributed by atoms with Gasteiger partial charge in [-0.2, -0.15) is 0 Å². The summed E-state index contributed by atoms with van der Waals surface area (Å²) in [6, 6.07) is 8.85. The molecule has 1 saturated heterocycles. The number of aromatic nitrogens is 2. The molecule has 0 spiro atoms. The van der Waals surface area contributed by atoms with Gasteiger partial charge in [-0.1, -0.05) is 0 Å². The molecule has 3 rings (SSSR count). The molecular formula is C12H13N3. The highest BCUT2D eigenvalue weighted by molar-refractivity contribution is 5.33. The number of pyridine rings is 1. The van der Waals surface area contributed by atoms with Crippen molar-refractivity contribution in [1.29, 1.82) is 0 Å². The average molecular weight is 199 g/mol. The van der Waals surface area contributed by atoms with Gasteiger partial charge in [0.25, 0.3) is 0 Å². The Kier molecular flexibility index (Phi) is 1.86. The topological polar surface area (TPSA) is 39.8 Å². The molecule has 0 amide bonds. The molecule has 1 fully saturated rings. The Morgan fingerprint density at radius 2 is 2.33 bits per heavy atom. The van der Waals surface area contributed by atoms with Crippen LogP contribution in [0.1, 0.15) is 17.3 Å². The smallest absolute Gasteiger partial charge is 0.137 e. The van der Waals surface area contributed by atoms with Crippen LogP contribution >= 0.6 is 0 Å². The molecule has 15 heavy (non-hydrogen) atoms. The normalized spacial score (nSPS) is 19.1. The highest BCUT2D eigenvalue weighted by Crippen LogP contribution is 2.24. The van der Waals surface area contributed by atoms with Gasteiger partial charge in [-0.3, -0.25) is 0 Å². The van der Waals surface area contributed by atoms with E-state index in [9.17, 15) is 0 Å². The van der Waals surface area contributed by atoms with Gasteiger partial charge in [0.1, 0.15) is 5.82 Å². The summed E-state index contributed by atoms with van der Waals surface area (Å²) in [5.41, 5.74) is 2.54. The Bertz CT molecular complexity index is 483. The lowest BCUT2D eigenvalue weighted by Crippen LogP contribution is -2.01. The van der Waals surface area contributed by atoms with Crippen LogP contribution < -0.4 is 5.32 Å². The number of hydrogen-bond donors (Lipinski definition) is 1. The summed E-state index contributed by atoms with van der Waals surface area (Å²) in [5.74, 6) is 1.00. The van der Waals surface area contributed by atoms with Crippen molar-refractivity contribution in [3.05, 3.63) is 47.9 Å². The monoisotopic (exact) mass is 199 g/mol. The molecule has 1 aliphatic heterocycles. The number of aryl methyl sites for hydroxylation is 1. The Balaban J connectivity index is 2.07. The molecule has 0 radical (unpaired) electrons. The van der Waals surface area contributed by atoms with E-state index >= 15 is 0 Å². The molecule has 2 aromatic heterocycles. The van der Waals surface area contributed by atoms with Gasteiger partial charge in [0.15, 0.2) is 0 Å². The lowest BCUT2D eigenvalue weighted by molar-refractivity contribution is 0.883. The van der Waals surface area contributed by atoms with Crippen LogP contribution in [0.3, 0.4) is 0 Å². The average Bonchev–Trinajstić information content (AvgIpc) is 2.96. The third kappa shape index (κ3) is 1.55. The van der Waals surface area contributed by atoms with Crippen molar-refractivity contribution in [2.24, 2.45) is 0 Å². The highest BCUT2D eigenvalue weighted by Gasteiger charge is 2.25. The van der Waals surface area contributed by atoms with Crippen molar-refractivity contribution in [3.8, 4) is 5.82 Å². The largest absolute Gasteiger partial charge is 0.306 e. The summed E-state index contributed by atoms with van der Waals surface area (Å²) in [6.45, 7) is 3.17. The van der Waals surface area contributed by atoms with E-state index in [1.165, 1.54) is 11.3 Å². The van der Waals surface area contributed by atoms with Crippen molar-refractivity contribution >= 4 is 0 Å². The molecule has 0 bridgehead atoms. The van der Waals surface area contributed by atoms with Crippen LogP contribution in [0.2, 0.25) is 0 Å². The highest BCUT2D eigenvalue weighted by atomic mass is 15.2. The van der Waals surface area contributed by atoms with Gasteiger partial charge < -0.3 is 9.88 Å². The van der Waals surface area contributed by atoms with Gasteiger partial charge in [0.05, 0.1) is 6.04 Å². The zero-order valence-electron chi connectivity index (χ0n) is 8.64. The minimum Gasteiger partial charge on any atom is -0.306 e. The first kappa shape index (κ1) is 8.68. The van der Waals surface area contributed by atoms with Crippen molar-refractivity contribution in [3.63, 3.8) is 0 Å². The maximum Gasteiger partial charge on any atom is 0.137 e. The molecule has 3 heterocycles. The van der Waals surface area contributed by atoms with Crippen molar-refractivity contribution in [2.75, 3.05) is 6.54 Å². The van der Waals surface area contributed by atoms with Crippen LogP contribution in [0.25, 0.3) is 5.82 Å². The SMILES string of the molecule is Cc1ccnc(-n2cccc2[C@H]2CN2)c1. The Morgan fingerprint density at radius 1 is 1.47 bits per heavy atom. The van der Waals surface area contributed by atoms with Gasteiger partial charge in [-0.15, -0.1) is 0 Å². The fraction of sp³-hybridized carbons (Fsp3) is 0.250. The Hall–Kier alpha value is -1.61. The van der Waals surface area contributed by atoms with Gasteiger partial charge >= 0.3 is 0 Å². The summed E-state index contributed by atoms with van der Waals surface area (Å²) in [5, 5.41) is 3.31. The molecular weight excluding hydrogens is 186 g/mol. The minimum absolute atomic E-state index is 0.516. The zero-order valence-corrected chi connectivity index (χ0v) is 8.64. The summed E-state index contributed by atoms with van der Waals surface area (Å²) >= 11 is 0. The van der Waals surface area contributed by atoms with Gasteiger partial charge in [-0.25, -0.2) is 4.98 Å². The lowest BCUT2D eigenvalue weighted by Gasteiger charge is -2.07. The van der Waals surface area contributed by atoms with Crippen molar-refractivity contribution in [2.45, 2.75) is 13.0 Å². The minimum atomic E-state index is 0.516. The third-order valence-electron chi connectivity index (χ3n) is 2.69. The predicted molar refractivity (Wildman–Crippen MR) is 59.0 cm³/mol. The van der Waals surface area contributed by atoms with E-state index in [0.29, 0.717) is 6.04 Å². The maximum atomic E-state index is 4.39. The van der Waals surface area contributed by atoms with Gasteiger partial charge in [0.2, 0.25) is 0 Å². The second-order valence-corrected chi connectivity index (χ2v) is 3.96. The first-order valence-electron chi connectivity index (χ1n) is 5.18. The summed E-state index contributed by atoms with van der Waals surface area (Å²) in [4.78, 5) is 4.39. The Labute approximate surface area is 88.8 Å². The van der Waals surface area contributed by atoms with Crippen LogP contribution in [-0.2, 0) is 0 Å². The molecule has 1 N–H and O–H groups in total. The van der Waals surface area contributed by atoms with E-state index in [1.807, 2.05) is 12.3 Å². The van der Waals surface area contributed by atoms with Crippen LogP contribution in [0.15, 0.2) is 36.7 Å². The van der Waals surface area contributed by atoms with E-state index in [0.717, 1.165) is 12.4 Å². The first-order valence-corrected chi connectivity index (χ1v) is 5.18. The van der Waals surface area contributed by atoms with Crippen LogP contribution in [0.5, 0.6) is 0 Å². The molecule has 0 aromatic carbocycles. The third-order valence-corrected chi connectivity index (χ3v) is 2.69. The molecule has 3 heteroatoms. The van der Waals surface area contributed by atoms with Gasteiger partial charge in [-0.05, 0) is 36.8 Å². The van der Waals surface area contributed by atoms with Crippen LogP contribution in [0, 0.1) is 6.92 Å². The number of nitrogens with zero attached hydrogens (tertiary/aromatic N) is 2. The molecule has 3 nitrogen and oxygen atoms in total. The lowest BCUT2D eigenvalue weighted by atomic mass is 10.3. The predicted octanol–water partition coefficient (Wildman–Crippen LogP) is 1.83. The number of hydrogen-bond acceptors (Lipinski definition) is 2. The van der Waals surface area contributed by atoms with Crippen LogP contribution in [0.4, 0.5) is 0 Å². The molecule has 1 atom stereocenters. The van der Waals surface area contributed by atoms with Crippen molar-refractivity contribution < 1.29 is 0 Å². The first-order chi connectivity index (χ1) is 7.34. The summed E-state index contributed by atoms with van der Waals surface area (Å²) < 4.78 is 2.15. The molecule has 0 unspecified atom stereocenters. The van der Waals surface area contributed by atoms with E-state index < -0.39 is 0 Å². The standard InChI is InChI=1S/C12H13N3/c1-9-4-5-13-12(7-9)15-6-2-3-11(15)10-8-14-10/h2-7,10,14H,8H2,1H3/t10-/m1/s1. The number of nitrogens with one attached hydrogen (secondary N) is 1. The maximum absolute atomic E-state index is 4.39. The molecule has 0 aliphatic carbocycles. The zero-order chi connectivity index (χ0) is 10.3. The molecule has 0 saturated carbocycles. The second kappa shape index (κ2) is 3.21. The van der Waals surface area contributed by atoms with Gasteiger partial charge in [0, 0.05) is 24.6 Å². The van der Waals surface area contributed by atoms with E-state index in [-0.39, 0.29) is 0 Å². The quantitative estimate of drug-likeness (QED) is 0.749. The van der Waals surface area contributed by atoms with E-state index in [2.05, 4.69) is 46.2 Å². The van der Waals surface area contributed by atoms with Crippen molar-refractivity contribution in [1.82, 2.24) is 14.9 Å². The van der Waals surface area contributed by atoms with Crippen LogP contribution in [-0.4, -0.2) is 16.1 Å². The molecule has 1 aliphatic rings. The number of rotatable bonds is 2. The fourth-order valence-corrected chi connectivity index (χ4v) is 1.81. The fourth-order valence-electron chi connectivity index (χ4n) is 1.81. The molecule has 2 aromatic rings. The van der Waals surface area contributed by atoms with E-state index in [4.69, 9.17) is 0 Å². The second-order valence-electron chi connectivity index (χ2n) is 3.96. The molecule has 76 valence electrons. The summed E-state index contributed by atoms with van der Waals surface area (Å²) in [7, 11) is 0.